The number of thioether (sulfide) groups is 1. The second-order valence-corrected chi connectivity index (χ2v) is 5.70. The maximum atomic E-state index is 6.23. The molecule has 0 aliphatic rings. The summed E-state index contributed by atoms with van der Waals surface area (Å²) >= 11 is 7.86. The van der Waals surface area contributed by atoms with Crippen LogP contribution in [0.4, 0.5) is 0 Å². The van der Waals surface area contributed by atoms with Crippen LogP contribution in [0.1, 0.15) is 17.0 Å². The highest BCUT2D eigenvalue weighted by Gasteiger charge is 2.10. The SMILES string of the molecule is Cc1ccc(CSc2nnc(C)n2CCN)c(Cl)c1. The number of aryl methyl sites for hydroxylation is 2. The third kappa shape index (κ3) is 3.49. The van der Waals surface area contributed by atoms with Gasteiger partial charge < -0.3 is 10.3 Å². The molecule has 0 aliphatic heterocycles. The van der Waals surface area contributed by atoms with Gasteiger partial charge in [0.2, 0.25) is 0 Å². The molecule has 1 aromatic heterocycles. The van der Waals surface area contributed by atoms with E-state index in [0.717, 1.165) is 33.9 Å². The van der Waals surface area contributed by atoms with Gasteiger partial charge in [0.1, 0.15) is 5.82 Å². The fraction of sp³-hybridized carbons (Fsp3) is 0.385. The van der Waals surface area contributed by atoms with Crippen LogP contribution in [0.3, 0.4) is 0 Å². The van der Waals surface area contributed by atoms with Crippen molar-refractivity contribution in [1.82, 2.24) is 14.8 Å². The smallest absolute Gasteiger partial charge is 0.191 e. The van der Waals surface area contributed by atoms with E-state index in [2.05, 4.69) is 22.3 Å². The first-order valence-electron chi connectivity index (χ1n) is 6.09. The van der Waals surface area contributed by atoms with E-state index >= 15 is 0 Å². The van der Waals surface area contributed by atoms with E-state index < -0.39 is 0 Å². The number of nitrogens with zero attached hydrogens (tertiary/aromatic N) is 3. The standard InChI is InChI=1S/C13H17ClN4S/c1-9-3-4-11(12(14)7-9)8-19-13-17-16-10(2)18(13)6-5-15/h3-4,7H,5-6,8,15H2,1-2H3. The van der Waals surface area contributed by atoms with Gasteiger partial charge in [-0.05, 0) is 31.0 Å². The van der Waals surface area contributed by atoms with Crippen LogP contribution in [-0.2, 0) is 12.3 Å². The number of hydrogen-bond acceptors (Lipinski definition) is 4. The molecule has 0 saturated carbocycles. The van der Waals surface area contributed by atoms with Gasteiger partial charge in [0, 0.05) is 23.9 Å². The van der Waals surface area contributed by atoms with E-state index in [1.807, 2.05) is 24.5 Å². The number of benzene rings is 1. The fourth-order valence-electron chi connectivity index (χ4n) is 1.77. The topological polar surface area (TPSA) is 56.7 Å². The Morgan fingerprint density at radius 1 is 1.32 bits per heavy atom. The van der Waals surface area contributed by atoms with Crippen LogP contribution in [0.2, 0.25) is 5.02 Å². The summed E-state index contributed by atoms with van der Waals surface area (Å²) in [5, 5.41) is 9.95. The Bertz CT molecular complexity index is 568. The van der Waals surface area contributed by atoms with Crippen LogP contribution < -0.4 is 5.73 Å². The first-order valence-corrected chi connectivity index (χ1v) is 7.46. The van der Waals surface area contributed by atoms with E-state index in [1.54, 1.807) is 11.8 Å². The normalized spacial score (nSPS) is 10.9. The van der Waals surface area contributed by atoms with Crippen LogP contribution in [0.15, 0.2) is 23.4 Å². The van der Waals surface area contributed by atoms with Crippen molar-refractivity contribution >= 4 is 23.4 Å². The number of aromatic nitrogens is 3. The van der Waals surface area contributed by atoms with Crippen LogP contribution in [0.25, 0.3) is 0 Å². The number of rotatable bonds is 5. The number of nitrogens with two attached hydrogens (primary N) is 1. The summed E-state index contributed by atoms with van der Waals surface area (Å²) in [6.07, 6.45) is 0. The van der Waals surface area contributed by atoms with E-state index in [4.69, 9.17) is 17.3 Å². The van der Waals surface area contributed by atoms with Gasteiger partial charge >= 0.3 is 0 Å². The Labute approximate surface area is 122 Å². The molecule has 0 unspecified atom stereocenters. The van der Waals surface area contributed by atoms with Gasteiger partial charge in [0.15, 0.2) is 5.16 Å². The molecule has 2 N–H and O–H groups in total. The molecule has 0 atom stereocenters. The molecule has 0 fully saturated rings. The quantitative estimate of drug-likeness (QED) is 0.862. The van der Waals surface area contributed by atoms with Crippen molar-refractivity contribution in [2.75, 3.05) is 6.54 Å². The van der Waals surface area contributed by atoms with Crippen molar-refractivity contribution in [1.29, 1.82) is 0 Å². The van der Waals surface area contributed by atoms with Gasteiger partial charge in [0.05, 0.1) is 0 Å². The van der Waals surface area contributed by atoms with Crippen LogP contribution in [-0.4, -0.2) is 21.3 Å². The maximum Gasteiger partial charge on any atom is 0.191 e. The highest BCUT2D eigenvalue weighted by molar-refractivity contribution is 7.98. The molecule has 1 heterocycles. The molecule has 2 aromatic rings. The minimum absolute atomic E-state index is 0.581. The molecule has 0 aliphatic carbocycles. The van der Waals surface area contributed by atoms with Crippen molar-refractivity contribution in [2.45, 2.75) is 31.3 Å². The highest BCUT2D eigenvalue weighted by Crippen LogP contribution is 2.26. The first kappa shape index (κ1) is 14.4. The summed E-state index contributed by atoms with van der Waals surface area (Å²) in [5.74, 6) is 1.67. The maximum absolute atomic E-state index is 6.23. The van der Waals surface area contributed by atoms with Gasteiger partial charge in [-0.25, -0.2) is 0 Å². The van der Waals surface area contributed by atoms with Crippen molar-refractivity contribution in [3.63, 3.8) is 0 Å². The molecule has 0 amide bonds. The average Bonchev–Trinajstić information content (AvgIpc) is 2.71. The molecule has 19 heavy (non-hydrogen) atoms. The summed E-state index contributed by atoms with van der Waals surface area (Å²) in [6.45, 7) is 5.29. The third-order valence-electron chi connectivity index (χ3n) is 2.82. The van der Waals surface area contributed by atoms with Crippen molar-refractivity contribution in [3.8, 4) is 0 Å². The van der Waals surface area contributed by atoms with Crippen molar-refractivity contribution < 1.29 is 0 Å². The third-order valence-corrected chi connectivity index (χ3v) is 4.19. The average molecular weight is 297 g/mol. The zero-order valence-corrected chi connectivity index (χ0v) is 12.6. The van der Waals surface area contributed by atoms with Crippen molar-refractivity contribution in [2.24, 2.45) is 5.73 Å². The minimum atomic E-state index is 0.581. The molecule has 4 nitrogen and oxygen atoms in total. The Balaban J connectivity index is 2.10. The van der Waals surface area contributed by atoms with Crippen LogP contribution in [0, 0.1) is 13.8 Å². The Hall–Kier alpha value is -1.04. The summed E-state index contributed by atoms with van der Waals surface area (Å²) < 4.78 is 2.03. The van der Waals surface area contributed by atoms with Gasteiger partial charge in [0.25, 0.3) is 0 Å². The van der Waals surface area contributed by atoms with E-state index in [1.165, 1.54) is 5.56 Å². The predicted octanol–water partition coefficient (Wildman–Crippen LogP) is 2.80. The Morgan fingerprint density at radius 2 is 2.11 bits per heavy atom. The van der Waals surface area contributed by atoms with Gasteiger partial charge in [-0.1, -0.05) is 35.5 Å². The van der Waals surface area contributed by atoms with Gasteiger partial charge in [-0.2, -0.15) is 0 Å². The minimum Gasteiger partial charge on any atom is -0.329 e. The summed E-state index contributed by atoms with van der Waals surface area (Å²) in [7, 11) is 0. The largest absolute Gasteiger partial charge is 0.329 e. The van der Waals surface area contributed by atoms with Crippen LogP contribution >= 0.6 is 23.4 Å². The predicted molar refractivity (Wildman–Crippen MR) is 79.6 cm³/mol. The molecule has 6 heteroatoms. The molecule has 0 saturated heterocycles. The van der Waals surface area contributed by atoms with Gasteiger partial charge in [-0.3, -0.25) is 0 Å². The lowest BCUT2D eigenvalue weighted by Gasteiger charge is -2.07. The molecule has 0 bridgehead atoms. The molecular weight excluding hydrogens is 280 g/mol. The van der Waals surface area contributed by atoms with E-state index in [9.17, 15) is 0 Å². The zero-order chi connectivity index (χ0) is 13.8. The van der Waals surface area contributed by atoms with E-state index in [-0.39, 0.29) is 0 Å². The Morgan fingerprint density at radius 3 is 2.79 bits per heavy atom. The monoisotopic (exact) mass is 296 g/mol. The molecule has 2 rings (SSSR count). The lowest BCUT2D eigenvalue weighted by Crippen LogP contribution is -2.12. The zero-order valence-electron chi connectivity index (χ0n) is 11.1. The molecule has 1 aromatic carbocycles. The second-order valence-electron chi connectivity index (χ2n) is 4.35. The van der Waals surface area contributed by atoms with Crippen molar-refractivity contribution in [3.05, 3.63) is 40.2 Å². The number of halogens is 1. The van der Waals surface area contributed by atoms with E-state index in [0.29, 0.717) is 6.54 Å². The summed E-state index contributed by atoms with van der Waals surface area (Å²) in [6, 6.07) is 6.10. The van der Waals surface area contributed by atoms with Crippen LogP contribution in [0.5, 0.6) is 0 Å². The molecule has 0 spiro atoms. The molecule has 102 valence electrons. The van der Waals surface area contributed by atoms with Gasteiger partial charge in [-0.15, -0.1) is 10.2 Å². The number of hydrogen-bond donors (Lipinski definition) is 1. The fourth-order valence-corrected chi connectivity index (χ4v) is 3.16. The second kappa shape index (κ2) is 6.41. The molecular formula is C13H17ClN4S. The Kier molecular flexibility index (Phi) is 4.85. The summed E-state index contributed by atoms with van der Waals surface area (Å²) in [5.41, 5.74) is 7.87. The first-order chi connectivity index (χ1) is 9.11. The lowest BCUT2D eigenvalue weighted by molar-refractivity contribution is 0.627. The molecule has 0 radical (unpaired) electrons. The highest BCUT2D eigenvalue weighted by atomic mass is 35.5. The lowest BCUT2D eigenvalue weighted by atomic mass is 10.2. The summed E-state index contributed by atoms with van der Waals surface area (Å²) in [4.78, 5) is 0.